The van der Waals surface area contributed by atoms with Crippen molar-refractivity contribution < 1.29 is 22.0 Å². The van der Waals surface area contributed by atoms with Crippen LogP contribution in [0.1, 0.15) is 12.6 Å². The second-order valence-corrected chi connectivity index (χ2v) is 3.60. The van der Waals surface area contributed by atoms with Crippen LogP contribution in [0.4, 0.5) is 27.6 Å². The van der Waals surface area contributed by atoms with Crippen LogP contribution in [0.2, 0.25) is 5.15 Å². The summed E-state index contributed by atoms with van der Waals surface area (Å²) in [5.74, 6) is -5.05. The van der Waals surface area contributed by atoms with Crippen LogP contribution in [-0.2, 0) is 13.0 Å². The number of anilines is 1. The lowest BCUT2D eigenvalue weighted by Crippen LogP contribution is -2.34. The highest BCUT2D eigenvalue weighted by atomic mass is 35.5. The fourth-order valence-electron chi connectivity index (χ4n) is 1.19. The lowest BCUT2D eigenvalue weighted by atomic mass is 10.2. The molecule has 17 heavy (non-hydrogen) atoms. The molecule has 0 atom stereocenters. The molecule has 0 saturated heterocycles. The highest BCUT2D eigenvalue weighted by Crippen LogP contribution is 2.47. The van der Waals surface area contributed by atoms with Gasteiger partial charge in [-0.2, -0.15) is 27.1 Å². The third-order valence-corrected chi connectivity index (χ3v) is 2.42. The number of nitrogens with one attached hydrogen (secondary N) is 1. The van der Waals surface area contributed by atoms with Crippen molar-refractivity contribution >= 4 is 17.3 Å². The Kier molecular flexibility index (Phi) is 3.56. The Balaban J connectivity index is 3.36. The van der Waals surface area contributed by atoms with E-state index in [-0.39, 0.29) is 11.7 Å². The van der Waals surface area contributed by atoms with Gasteiger partial charge < -0.3 is 5.32 Å². The molecular weight excluding hydrogens is 269 g/mol. The maximum Gasteiger partial charge on any atom is 0.459 e. The van der Waals surface area contributed by atoms with Gasteiger partial charge in [0.05, 0.1) is 0 Å². The van der Waals surface area contributed by atoms with Gasteiger partial charge in [-0.1, -0.05) is 11.6 Å². The van der Waals surface area contributed by atoms with Gasteiger partial charge in [0, 0.05) is 13.6 Å². The second kappa shape index (κ2) is 4.32. The van der Waals surface area contributed by atoms with Crippen LogP contribution in [0.5, 0.6) is 0 Å². The van der Waals surface area contributed by atoms with Crippen LogP contribution in [0, 0.1) is 0 Å². The van der Waals surface area contributed by atoms with Crippen molar-refractivity contribution in [1.82, 2.24) is 9.78 Å². The molecule has 0 fully saturated rings. The normalized spacial score (nSPS) is 12.9. The van der Waals surface area contributed by atoms with Gasteiger partial charge in [-0.05, 0) is 6.92 Å². The Morgan fingerprint density at radius 1 is 1.29 bits per heavy atom. The van der Waals surface area contributed by atoms with Gasteiger partial charge in [0.15, 0.2) is 10.8 Å². The van der Waals surface area contributed by atoms with E-state index in [9.17, 15) is 22.0 Å². The monoisotopic (exact) mass is 277 g/mol. The highest BCUT2D eigenvalue weighted by Gasteiger charge is 2.61. The third kappa shape index (κ3) is 2.31. The summed E-state index contributed by atoms with van der Waals surface area (Å²) in [4.78, 5) is 0. The van der Waals surface area contributed by atoms with Gasteiger partial charge in [-0.15, -0.1) is 0 Å². The van der Waals surface area contributed by atoms with Gasteiger partial charge in [0.25, 0.3) is 0 Å². The maximum absolute atomic E-state index is 13.1. The number of nitrogens with zero attached hydrogens (tertiary/aromatic N) is 2. The first-order valence-electron chi connectivity index (χ1n) is 4.54. The summed E-state index contributed by atoms with van der Waals surface area (Å²) in [6.45, 7) is 1.69. The summed E-state index contributed by atoms with van der Waals surface area (Å²) in [6, 6.07) is 0. The molecule has 0 radical (unpaired) electrons. The molecule has 0 saturated carbocycles. The molecule has 0 aromatic carbocycles. The molecule has 1 aromatic rings. The van der Waals surface area contributed by atoms with Crippen LogP contribution in [-0.4, -0.2) is 22.5 Å². The molecule has 0 aliphatic heterocycles. The van der Waals surface area contributed by atoms with E-state index in [0.29, 0.717) is 0 Å². The molecule has 98 valence electrons. The van der Waals surface area contributed by atoms with E-state index >= 15 is 0 Å². The molecule has 1 aromatic heterocycles. The van der Waals surface area contributed by atoms with Crippen molar-refractivity contribution in [3.63, 3.8) is 0 Å². The SMILES string of the molecule is CCNc1c(C(F)(F)C(F)(F)F)nn(C)c1Cl. The Bertz CT molecular complexity index is 412. The summed E-state index contributed by atoms with van der Waals surface area (Å²) in [6.07, 6.45) is -5.71. The molecular formula is C8H9ClF5N3. The van der Waals surface area contributed by atoms with Crippen molar-refractivity contribution in [2.45, 2.75) is 19.0 Å². The van der Waals surface area contributed by atoms with Crippen molar-refractivity contribution in [2.75, 3.05) is 11.9 Å². The number of aryl methyl sites for hydroxylation is 1. The summed E-state index contributed by atoms with van der Waals surface area (Å²) < 4.78 is 63.7. The highest BCUT2D eigenvalue weighted by molar-refractivity contribution is 6.32. The van der Waals surface area contributed by atoms with Crippen LogP contribution < -0.4 is 5.32 Å². The van der Waals surface area contributed by atoms with E-state index in [1.807, 2.05) is 0 Å². The molecule has 0 aliphatic rings. The first-order valence-corrected chi connectivity index (χ1v) is 4.92. The lowest BCUT2D eigenvalue weighted by Gasteiger charge is -2.18. The number of aromatic nitrogens is 2. The fraction of sp³-hybridized carbons (Fsp3) is 0.625. The summed E-state index contributed by atoms with van der Waals surface area (Å²) in [5, 5.41) is 5.17. The molecule has 0 amide bonds. The molecule has 3 nitrogen and oxygen atoms in total. The predicted octanol–water partition coefficient (Wildman–Crippen LogP) is 3.16. The zero-order chi connectivity index (χ0) is 13.4. The van der Waals surface area contributed by atoms with Gasteiger partial charge in [-0.3, -0.25) is 4.68 Å². The first-order chi connectivity index (χ1) is 7.63. The molecule has 1 rings (SSSR count). The Hall–Kier alpha value is -1.05. The smallest absolute Gasteiger partial charge is 0.381 e. The number of hydrogen-bond acceptors (Lipinski definition) is 2. The Morgan fingerprint density at radius 3 is 2.24 bits per heavy atom. The maximum atomic E-state index is 13.1. The van der Waals surface area contributed by atoms with Gasteiger partial charge >= 0.3 is 12.1 Å². The third-order valence-electron chi connectivity index (χ3n) is 1.98. The molecule has 0 bridgehead atoms. The molecule has 1 heterocycles. The molecule has 0 spiro atoms. The van der Waals surface area contributed by atoms with E-state index < -0.39 is 23.5 Å². The van der Waals surface area contributed by atoms with Gasteiger partial charge in [0.2, 0.25) is 0 Å². The van der Waals surface area contributed by atoms with E-state index in [2.05, 4.69) is 10.4 Å². The Labute approximate surface area is 98.5 Å². The van der Waals surface area contributed by atoms with Crippen LogP contribution in [0.15, 0.2) is 0 Å². The molecule has 0 unspecified atom stereocenters. The fourth-order valence-corrected chi connectivity index (χ4v) is 1.38. The summed E-state index contributed by atoms with van der Waals surface area (Å²) in [5.41, 5.74) is -1.92. The minimum absolute atomic E-state index is 0.145. The Morgan fingerprint density at radius 2 is 1.82 bits per heavy atom. The largest absolute Gasteiger partial charge is 0.459 e. The van der Waals surface area contributed by atoms with E-state index in [1.54, 1.807) is 6.92 Å². The van der Waals surface area contributed by atoms with E-state index in [1.165, 1.54) is 7.05 Å². The van der Waals surface area contributed by atoms with Gasteiger partial charge in [-0.25, -0.2) is 0 Å². The first kappa shape index (κ1) is 14.0. The van der Waals surface area contributed by atoms with E-state index in [4.69, 9.17) is 11.6 Å². The number of alkyl halides is 5. The minimum Gasteiger partial charge on any atom is -0.381 e. The number of halogens is 6. The van der Waals surface area contributed by atoms with Crippen molar-refractivity contribution in [2.24, 2.45) is 7.05 Å². The zero-order valence-electron chi connectivity index (χ0n) is 8.87. The van der Waals surface area contributed by atoms with Crippen molar-refractivity contribution in [1.29, 1.82) is 0 Å². The van der Waals surface area contributed by atoms with E-state index in [0.717, 1.165) is 4.68 Å². The average Bonchev–Trinajstić information content (AvgIpc) is 2.45. The van der Waals surface area contributed by atoms with Crippen molar-refractivity contribution in [3.8, 4) is 0 Å². The second-order valence-electron chi connectivity index (χ2n) is 3.24. The van der Waals surface area contributed by atoms with Crippen LogP contribution in [0.25, 0.3) is 0 Å². The summed E-state index contributed by atoms with van der Waals surface area (Å²) >= 11 is 5.59. The number of hydrogen-bond donors (Lipinski definition) is 1. The molecule has 0 aliphatic carbocycles. The molecule has 9 heteroatoms. The molecule has 1 N–H and O–H groups in total. The average molecular weight is 278 g/mol. The van der Waals surface area contributed by atoms with Crippen LogP contribution >= 0.6 is 11.6 Å². The number of rotatable bonds is 3. The lowest BCUT2D eigenvalue weighted by molar-refractivity contribution is -0.290. The zero-order valence-corrected chi connectivity index (χ0v) is 9.63. The van der Waals surface area contributed by atoms with Crippen molar-refractivity contribution in [3.05, 3.63) is 10.8 Å². The van der Waals surface area contributed by atoms with Gasteiger partial charge in [0.1, 0.15) is 5.69 Å². The topological polar surface area (TPSA) is 29.9 Å². The van der Waals surface area contributed by atoms with Crippen LogP contribution in [0.3, 0.4) is 0 Å². The quantitative estimate of drug-likeness (QED) is 0.860. The standard InChI is InChI=1S/C8H9ClF5N3/c1-3-15-4-5(16-17(2)6(4)9)7(10,11)8(12,13)14/h15H,3H2,1-2H3. The minimum atomic E-state index is -5.71. The summed E-state index contributed by atoms with van der Waals surface area (Å²) in [7, 11) is 1.18. The predicted molar refractivity (Wildman–Crippen MR) is 52.3 cm³/mol.